The molecule has 0 aliphatic rings. The normalized spacial score (nSPS) is 10.8. The smallest absolute Gasteiger partial charge is 0.260 e. The van der Waals surface area contributed by atoms with E-state index in [1.54, 1.807) is 24.3 Å². The van der Waals surface area contributed by atoms with E-state index in [1.165, 1.54) is 12.1 Å². The molecule has 1 heterocycles. The van der Waals surface area contributed by atoms with Crippen molar-refractivity contribution in [3.8, 4) is 22.8 Å². The zero-order valence-electron chi connectivity index (χ0n) is 13.3. The fourth-order valence-corrected chi connectivity index (χ4v) is 2.10. The van der Waals surface area contributed by atoms with Crippen molar-refractivity contribution in [2.24, 2.45) is 5.92 Å². The van der Waals surface area contributed by atoms with Crippen LogP contribution in [0.1, 0.15) is 13.8 Å². The zero-order valence-corrected chi connectivity index (χ0v) is 13.3. The van der Waals surface area contributed by atoms with Gasteiger partial charge in [0.1, 0.15) is 5.82 Å². The topological polar surface area (TPSA) is 68.0 Å². The number of nitrogens with zero attached hydrogens (tertiary/aromatic N) is 2. The number of amides is 1. The monoisotopic (exact) mass is 325 g/mol. The van der Waals surface area contributed by atoms with Gasteiger partial charge in [-0.1, -0.05) is 31.1 Å². The summed E-state index contributed by atoms with van der Waals surface area (Å²) >= 11 is 0. The number of nitrogens with one attached hydrogen (secondary N) is 1. The van der Waals surface area contributed by atoms with Crippen LogP contribution in [-0.2, 0) is 4.79 Å². The second-order valence-corrected chi connectivity index (χ2v) is 5.62. The van der Waals surface area contributed by atoms with E-state index in [2.05, 4.69) is 15.5 Å². The first kappa shape index (κ1) is 15.9. The highest BCUT2D eigenvalue weighted by molar-refractivity contribution is 5.95. The summed E-state index contributed by atoms with van der Waals surface area (Å²) in [6.07, 6.45) is 0. The van der Waals surface area contributed by atoms with Gasteiger partial charge < -0.3 is 9.84 Å². The maximum Gasteiger partial charge on any atom is 0.260 e. The number of anilines is 1. The van der Waals surface area contributed by atoms with Crippen LogP contribution in [0.25, 0.3) is 22.8 Å². The van der Waals surface area contributed by atoms with Crippen LogP contribution in [0.3, 0.4) is 0 Å². The van der Waals surface area contributed by atoms with Gasteiger partial charge in [0.2, 0.25) is 11.7 Å². The largest absolute Gasteiger partial charge is 0.334 e. The molecule has 2 aromatic carbocycles. The molecule has 0 radical (unpaired) electrons. The Hall–Kier alpha value is -3.02. The molecule has 0 spiro atoms. The van der Waals surface area contributed by atoms with Crippen LogP contribution >= 0.6 is 0 Å². The van der Waals surface area contributed by atoms with Crippen molar-refractivity contribution in [2.75, 3.05) is 5.32 Å². The van der Waals surface area contributed by atoms with Gasteiger partial charge in [-0.3, -0.25) is 4.79 Å². The second-order valence-electron chi connectivity index (χ2n) is 5.62. The number of carbonyl (C=O) groups is 1. The van der Waals surface area contributed by atoms with Gasteiger partial charge in [-0.05, 0) is 36.4 Å². The Morgan fingerprint density at radius 3 is 2.54 bits per heavy atom. The zero-order chi connectivity index (χ0) is 17.1. The third-order valence-electron chi connectivity index (χ3n) is 3.47. The molecule has 0 unspecified atom stereocenters. The molecule has 6 heteroatoms. The lowest BCUT2D eigenvalue weighted by molar-refractivity contribution is -0.118. The highest BCUT2D eigenvalue weighted by atomic mass is 19.1. The third-order valence-corrected chi connectivity index (χ3v) is 3.47. The molecule has 0 aliphatic heterocycles. The molecule has 0 saturated carbocycles. The minimum atomic E-state index is -0.329. The van der Waals surface area contributed by atoms with Crippen LogP contribution in [-0.4, -0.2) is 16.0 Å². The van der Waals surface area contributed by atoms with Crippen LogP contribution < -0.4 is 5.32 Å². The van der Waals surface area contributed by atoms with Crippen molar-refractivity contribution in [1.29, 1.82) is 0 Å². The van der Waals surface area contributed by atoms with E-state index in [9.17, 15) is 9.18 Å². The van der Waals surface area contributed by atoms with E-state index in [0.717, 1.165) is 0 Å². The SMILES string of the molecule is CC(C)C(=O)Nc1ccccc1-c1nc(-c2ccc(F)cc2)no1. The molecule has 0 aliphatic carbocycles. The molecule has 1 amide bonds. The van der Waals surface area contributed by atoms with E-state index in [-0.39, 0.29) is 23.5 Å². The summed E-state index contributed by atoms with van der Waals surface area (Å²) in [6, 6.07) is 13.0. The summed E-state index contributed by atoms with van der Waals surface area (Å²) < 4.78 is 18.3. The summed E-state index contributed by atoms with van der Waals surface area (Å²) in [5, 5.41) is 6.78. The number of hydrogen-bond donors (Lipinski definition) is 1. The Bertz CT molecular complexity index is 857. The van der Waals surface area contributed by atoms with E-state index < -0.39 is 0 Å². The van der Waals surface area contributed by atoms with Gasteiger partial charge >= 0.3 is 0 Å². The number of para-hydroxylation sites is 1. The first-order chi connectivity index (χ1) is 11.5. The second kappa shape index (κ2) is 6.62. The molecule has 5 nitrogen and oxygen atoms in total. The maximum atomic E-state index is 13.0. The molecular weight excluding hydrogens is 309 g/mol. The lowest BCUT2D eigenvalue weighted by Crippen LogP contribution is -2.18. The van der Waals surface area contributed by atoms with Gasteiger partial charge in [0.05, 0.1) is 11.3 Å². The van der Waals surface area contributed by atoms with Gasteiger partial charge in [0, 0.05) is 11.5 Å². The molecule has 24 heavy (non-hydrogen) atoms. The van der Waals surface area contributed by atoms with E-state index in [0.29, 0.717) is 22.6 Å². The quantitative estimate of drug-likeness (QED) is 0.783. The number of aromatic nitrogens is 2. The number of benzene rings is 2. The fraction of sp³-hybridized carbons (Fsp3) is 0.167. The van der Waals surface area contributed by atoms with Gasteiger partial charge in [-0.2, -0.15) is 4.98 Å². The average Bonchev–Trinajstić information content (AvgIpc) is 3.05. The predicted octanol–water partition coefficient (Wildman–Crippen LogP) is 4.14. The van der Waals surface area contributed by atoms with Crippen LogP contribution in [0, 0.1) is 11.7 Å². The first-order valence-electron chi connectivity index (χ1n) is 7.54. The van der Waals surface area contributed by atoms with Crippen molar-refractivity contribution in [1.82, 2.24) is 10.1 Å². The summed E-state index contributed by atoms with van der Waals surface area (Å²) in [5.74, 6) is 0.0735. The van der Waals surface area contributed by atoms with E-state index in [4.69, 9.17) is 4.52 Å². The number of rotatable bonds is 4. The number of hydrogen-bond acceptors (Lipinski definition) is 4. The van der Waals surface area contributed by atoms with E-state index in [1.807, 2.05) is 26.0 Å². The molecule has 3 aromatic rings. The summed E-state index contributed by atoms with van der Waals surface area (Å²) in [5.41, 5.74) is 1.88. The highest BCUT2D eigenvalue weighted by Gasteiger charge is 2.16. The standard InChI is InChI=1S/C18H16FN3O2/c1-11(2)17(23)20-15-6-4-3-5-14(15)18-21-16(22-24-18)12-7-9-13(19)10-8-12/h3-11H,1-2H3,(H,20,23). The molecule has 0 saturated heterocycles. The lowest BCUT2D eigenvalue weighted by Gasteiger charge is -2.10. The van der Waals surface area contributed by atoms with Gasteiger partial charge in [0.25, 0.3) is 5.89 Å². The fourth-order valence-electron chi connectivity index (χ4n) is 2.10. The number of carbonyl (C=O) groups excluding carboxylic acids is 1. The summed E-state index contributed by atoms with van der Waals surface area (Å²) in [7, 11) is 0. The van der Waals surface area contributed by atoms with Crippen LogP contribution in [0.5, 0.6) is 0 Å². The van der Waals surface area contributed by atoms with Crippen LogP contribution in [0.15, 0.2) is 53.1 Å². The molecule has 0 bridgehead atoms. The van der Waals surface area contributed by atoms with Gasteiger partial charge in [-0.15, -0.1) is 0 Å². The highest BCUT2D eigenvalue weighted by Crippen LogP contribution is 2.28. The van der Waals surface area contributed by atoms with Crippen molar-refractivity contribution in [3.63, 3.8) is 0 Å². The Kier molecular flexibility index (Phi) is 4.37. The van der Waals surface area contributed by atoms with Crippen molar-refractivity contribution >= 4 is 11.6 Å². The average molecular weight is 325 g/mol. The summed E-state index contributed by atoms with van der Waals surface area (Å²) in [4.78, 5) is 16.3. The first-order valence-corrected chi connectivity index (χ1v) is 7.54. The van der Waals surface area contributed by atoms with Crippen molar-refractivity contribution in [2.45, 2.75) is 13.8 Å². The molecular formula is C18H16FN3O2. The molecule has 122 valence electrons. The molecule has 3 rings (SSSR count). The lowest BCUT2D eigenvalue weighted by atomic mass is 10.1. The van der Waals surface area contributed by atoms with Crippen molar-refractivity contribution in [3.05, 3.63) is 54.3 Å². The molecule has 1 N–H and O–H groups in total. The van der Waals surface area contributed by atoms with Crippen LogP contribution in [0.2, 0.25) is 0 Å². The Morgan fingerprint density at radius 1 is 1.12 bits per heavy atom. The van der Waals surface area contributed by atoms with Crippen LogP contribution in [0.4, 0.5) is 10.1 Å². The number of halogens is 1. The van der Waals surface area contributed by atoms with Gasteiger partial charge in [0.15, 0.2) is 0 Å². The van der Waals surface area contributed by atoms with Gasteiger partial charge in [-0.25, -0.2) is 4.39 Å². The molecule has 0 atom stereocenters. The Labute approximate surface area is 138 Å². The Morgan fingerprint density at radius 2 is 1.83 bits per heavy atom. The molecule has 1 aromatic heterocycles. The third kappa shape index (κ3) is 3.32. The predicted molar refractivity (Wildman–Crippen MR) is 88.6 cm³/mol. The molecule has 0 fully saturated rings. The summed E-state index contributed by atoms with van der Waals surface area (Å²) in [6.45, 7) is 3.63. The maximum absolute atomic E-state index is 13.0. The minimum absolute atomic E-state index is 0.0966. The van der Waals surface area contributed by atoms with E-state index >= 15 is 0 Å². The minimum Gasteiger partial charge on any atom is -0.334 e. The van der Waals surface area contributed by atoms with Crippen molar-refractivity contribution < 1.29 is 13.7 Å². The Balaban J connectivity index is 1.93.